The number of carboxylic acids is 1. The fourth-order valence-corrected chi connectivity index (χ4v) is 4.43. The van der Waals surface area contributed by atoms with Crippen molar-refractivity contribution in [3.05, 3.63) is 54.2 Å². The predicted octanol–water partition coefficient (Wildman–Crippen LogP) is -2.53. The van der Waals surface area contributed by atoms with E-state index in [2.05, 4.69) is 35.9 Å². The van der Waals surface area contributed by atoms with Crippen LogP contribution in [0.5, 0.6) is 0 Å². The highest BCUT2D eigenvalue weighted by atomic mass is 16.4. The van der Waals surface area contributed by atoms with E-state index in [1.165, 1.54) is 12.5 Å². The summed E-state index contributed by atoms with van der Waals surface area (Å²) < 4.78 is 0. The first-order valence-electron chi connectivity index (χ1n) is 13.7. The molecule has 0 aliphatic rings. The minimum atomic E-state index is -1.54. The average Bonchev–Trinajstić information content (AvgIpc) is 3.63. The number of para-hydroxylation sites is 1. The number of carboxylic acid groups (broad SMARTS) is 1. The summed E-state index contributed by atoms with van der Waals surface area (Å²) in [4.78, 5) is 76.9. The Hall–Kier alpha value is -5.45. The maximum atomic E-state index is 13.6. The Kier molecular flexibility index (Phi) is 11.8. The standard InChI is InChI=1S/C27H37N11O6/c28-17(5-3-7-33-27(30)31)23(40)36-19(8-14-11-34-18-6-2-1-4-16(14)18)24(41)37-20(10-22(29)39)25(42)38-21(26(43)44)9-15-12-32-13-35-15/h1-2,4,6,11-13,17,19-21,34H,3,5,7-10,28H2,(H2,29,39)(H,32,35)(H,36,40)(H,37,41)(H,38,42)(H,43,44)(H4,30,31,33). The number of carbonyl (C=O) groups is 5. The summed E-state index contributed by atoms with van der Waals surface area (Å²) >= 11 is 0. The van der Waals surface area contributed by atoms with Crippen LogP contribution >= 0.6 is 0 Å². The largest absolute Gasteiger partial charge is 0.480 e. The van der Waals surface area contributed by atoms with E-state index in [-0.39, 0.29) is 31.8 Å². The molecule has 4 amide bonds. The molecule has 4 unspecified atom stereocenters. The number of aliphatic imine (C=N–C) groups is 1. The molecule has 0 aliphatic carbocycles. The van der Waals surface area contributed by atoms with Gasteiger partial charge in [0.15, 0.2) is 5.96 Å². The summed E-state index contributed by atoms with van der Waals surface area (Å²) in [7, 11) is 0. The molecule has 2 heterocycles. The van der Waals surface area contributed by atoms with Crippen molar-refractivity contribution in [2.24, 2.45) is 27.9 Å². The Balaban J connectivity index is 1.79. The summed E-state index contributed by atoms with van der Waals surface area (Å²) in [6.07, 6.45) is 4.26. The molecule has 17 heteroatoms. The van der Waals surface area contributed by atoms with Gasteiger partial charge in [0, 0.05) is 48.4 Å². The van der Waals surface area contributed by atoms with Crippen LogP contribution < -0.4 is 38.9 Å². The van der Waals surface area contributed by atoms with Crippen LogP contribution in [-0.4, -0.2) is 86.3 Å². The number of aromatic nitrogens is 3. The molecule has 1 aromatic carbocycles. The lowest BCUT2D eigenvalue weighted by Crippen LogP contribution is -2.58. The van der Waals surface area contributed by atoms with Crippen molar-refractivity contribution < 1.29 is 29.1 Å². The van der Waals surface area contributed by atoms with E-state index in [9.17, 15) is 29.1 Å². The average molecular weight is 612 g/mol. The number of nitrogens with two attached hydrogens (primary N) is 4. The highest BCUT2D eigenvalue weighted by Gasteiger charge is 2.32. The van der Waals surface area contributed by atoms with Gasteiger partial charge in [-0.2, -0.15) is 0 Å². The fourth-order valence-electron chi connectivity index (χ4n) is 4.43. The van der Waals surface area contributed by atoms with Crippen molar-refractivity contribution >= 4 is 46.5 Å². The number of rotatable bonds is 17. The van der Waals surface area contributed by atoms with Crippen molar-refractivity contribution in [3.63, 3.8) is 0 Å². The summed E-state index contributed by atoms with van der Waals surface area (Å²) in [5.74, 6) is -4.79. The van der Waals surface area contributed by atoms with E-state index < -0.39 is 60.2 Å². The molecule has 0 fully saturated rings. The van der Waals surface area contributed by atoms with Crippen LogP contribution in [0.3, 0.4) is 0 Å². The smallest absolute Gasteiger partial charge is 0.326 e. The zero-order valence-corrected chi connectivity index (χ0v) is 23.8. The Morgan fingerprint density at radius 2 is 1.59 bits per heavy atom. The normalized spacial score (nSPS) is 13.7. The van der Waals surface area contributed by atoms with E-state index in [0.29, 0.717) is 17.7 Å². The van der Waals surface area contributed by atoms with Gasteiger partial charge in [0.1, 0.15) is 18.1 Å². The molecule has 14 N–H and O–H groups in total. The first kappa shape index (κ1) is 33.1. The second-order valence-electron chi connectivity index (χ2n) is 10.1. The van der Waals surface area contributed by atoms with Gasteiger partial charge in [0.2, 0.25) is 23.6 Å². The maximum Gasteiger partial charge on any atom is 0.326 e. The second-order valence-corrected chi connectivity index (χ2v) is 10.1. The van der Waals surface area contributed by atoms with Gasteiger partial charge in [-0.3, -0.25) is 24.2 Å². The number of nitrogens with zero attached hydrogens (tertiary/aromatic N) is 2. The molecular weight excluding hydrogens is 574 g/mol. The molecule has 3 aromatic rings. The lowest BCUT2D eigenvalue weighted by Gasteiger charge is -2.24. The Morgan fingerprint density at radius 1 is 0.909 bits per heavy atom. The van der Waals surface area contributed by atoms with Crippen LogP contribution in [0, 0.1) is 0 Å². The third kappa shape index (κ3) is 9.83. The summed E-state index contributed by atoms with van der Waals surface area (Å²) in [5, 5.41) is 17.8. The number of hydrogen-bond donors (Lipinski definition) is 10. The molecule has 4 atom stereocenters. The van der Waals surface area contributed by atoms with Crippen LogP contribution in [0.2, 0.25) is 0 Å². The molecule has 0 bridgehead atoms. The van der Waals surface area contributed by atoms with E-state index >= 15 is 0 Å². The van der Waals surface area contributed by atoms with Gasteiger partial charge in [-0.25, -0.2) is 9.78 Å². The summed E-state index contributed by atoms with van der Waals surface area (Å²) in [6.45, 7) is 0.254. The highest BCUT2D eigenvalue weighted by Crippen LogP contribution is 2.19. The molecule has 17 nitrogen and oxygen atoms in total. The molecule has 44 heavy (non-hydrogen) atoms. The lowest BCUT2D eigenvalue weighted by molar-refractivity contribution is -0.142. The van der Waals surface area contributed by atoms with Crippen molar-refractivity contribution in [3.8, 4) is 0 Å². The van der Waals surface area contributed by atoms with Crippen LogP contribution in [-0.2, 0) is 36.8 Å². The quantitative estimate of drug-likeness (QED) is 0.0433. The van der Waals surface area contributed by atoms with Crippen LogP contribution in [0.15, 0.2) is 48.0 Å². The molecule has 0 saturated heterocycles. The minimum Gasteiger partial charge on any atom is -0.480 e. The minimum absolute atomic E-state index is 0.00913. The van der Waals surface area contributed by atoms with Gasteiger partial charge < -0.3 is 54.0 Å². The number of nitrogens with one attached hydrogen (secondary N) is 5. The number of guanidine groups is 1. The molecular formula is C27H37N11O6. The zero-order chi connectivity index (χ0) is 32.2. The van der Waals surface area contributed by atoms with Crippen LogP contribution in [0.1, 0.15) is 30.5 Å². The molecule has 3 rings (SSSR count). The third-order valence-corrected chi connectivity index (χ3v) is 6.67. The van der Waals surface area contributed by atoms with Gasteiger partial charge in [0.05, 0.1) is 18.8 Å². The number of amides is 4. The van der Waals surface area contributed by atoms with Crippen molar-refractivity contribution in [1.29, 1.82) is 0 Å². The van der Waals surface area contributed by atoms with E-state index in [1.54, 1.807) is 6.20 Å². The number of carbonyl (C=O) groups excluding carboxylic acids is 4. The maximum absolute atomic E-state index is 13.6. The third-order valence-electron chi connectivity index (χ3n) is 6.67. The van der Waals surface area contributed by atoms with Crippen molar-refractivity contribution in [2.45, 2.75) is 56.3 Å². The number of imidazole rings is 1. The first-order valence-corrected chi connectivity index (χ1v) is 13.7. The van der Waals surface area contributed by atoms with E-state index in [1.807, 2.05) is 24.3 Å². The van der Waals surface area contributed by atoms with Crippen molar-refractivity contribution in [2.75, 3.05) is 6.54 Å². The lowest BCUT2D eigenvalue weighted by atomic mass is 10.0. The van der Waals surface area contributed by atoms with Gasteiger partial charge in [-0.15, -0.1) is 0 Å². The zero-order valence-electron chi connectivity index (χ0n) is 23.8. The van der Waals surface area contributed by atoms with Gasteiger partial charge in [-0.1, -0.05) is 18.2 Å². The van der Waals surface area contributed by atoms with Gasteiger partial charge in [-0.05, 0) is 24.5 Å². The molecule has 0 spiro atoms. The molecule has 236 valence electrons. The van der Waals surface area contributed by atoms with Gasteiger partial charge in [0.25, 0.3) is 0 Å². The van der Waals surface area contributed by atoms with Gasteiger partial charge >= 0.3 is 5.97 Å². The number of benzene rings is 1. The first-order chi connectivity index (χ1) is 20.9. The predicted molar refractivity (Wildman–Crippen MR) is 159 cm³/mol. The number of hydrogen-bond acceptors (Lipinski definition) is 8. The van der Waals surface area contributed by atoms with Crippen LogP contribution in [0.4, 0.5) is 0 Å². The SMILES string of the molecule is NC(=O)CC(NC(=O)C(Cc1c[nH]c2ccccc12)NC(=O)C(N)CCCN=C(N)N)C(=O)NC(Cc1cnc[nH]1)C(=O)O. The number of aliphatic carboxylic acids is 1. The number of fused-ring (bicyclic) bond motifs is 1. The van der Waals surface area contributed by atoms with E-state index in [4.69, 9.17) is 22.9 Å². The fraction of sp³-hybridized carbons (Fsp3) is 0.370. The topological polar surface area (TPSA) is 303 Å². The second kappa shape index (κ2) is 15.7. The number of H-pyrrole nitrogens is 2. The molecule has 2 aromatic heterocycles. The van der Waals surface area contributed by atoms with Crippen LogP contribution in [0.25, 0.3) is 10.9 Å². The summed E-state index contributed by atoms with van der Waals surface area (Å²) in [5.41, 5.74) is 23.9. The molecule has 0 aliphatic heterocycles. The monoisotopic (exact) mass is 611 g/mol. The van der Waals surface area contributed by atoms with Crippen molar-refractivity contribution in [1.82, 2.24) is 30.9 Å². The Labute approximate surface area is 251 Å². The number of aromatic amines is 2. The Bertz CT molecular complexity index is 1480. The summed E-state index contributed by atoms with van der Waals surface area (Å²) in [6, 6.07) is 2.12. The Morgan fingerprint density at radius 3 is 2.25 bits per heavy atom. The molecule has 0 radical (unpaired) electrons. The molecule has 0 saturated carbocycles. The highest BCUT2D eigenvalue weighted by molar-refractivity contribution is 5.96. The number of primary amides is 1. The van der Waals surface area contributed by atoms with E-state index in [0.717, 1.165) is 10.9 Å².